The molecule has 0 bridgehead atoms. The predicted octanol–water partition coefficient (Wildman–Crippen LogP) is 3.48. The predicted molar refractivity (Wildman–Crippen MR) is 82.9 cm³/mol. The largest absolute Gasteiger partial charge is 0.508 e. The summed E-state index contributed by atoms with van der Waals surface area (Å²) in [5.74, 6) is 0.903. The molecule has 0 amide bonds. The van der Waals surface area contributed by atoms with Gasteiger partial charge in [-0.1, -0.05) is 0 Å². The molecule has 5 nitrogen and oxygen atoms in total. The van der Waals surface area contributed by atoms with E-state index >= 15 is 0 Å². The van der Waals surface area contributed by atoms with Gasteiger partial charge in [0, 0.05) is 11.1 Å². The van der Waals surface area contributed by atoms with E-state index in [1.54, 1.807) is 42.7 Å². The van der Waals surface area contributed by atoms with Gasteiger partial charge in [0.25, 0.3) is 0 Å². The zero-order valence-electron chi connectivity index (χ0n) is 11.9. The van der Waals surface area contributed by atoms with E-state index in [1.165, 1.54) is 0 Å². The van der Waals surface area contributed by atoms with Crippen molar-refractivity contribution in [2.45, 2.75) is 6.92 Å². The van der Waals surface area contributed by atoms with Crippen molar-refractivity contribution >= 4 is 5.82 Å². The van der Waals surface area contributed by atoms with Crippen LogP contribution in [0.2, 0.25) is 0 Å². The van der Waals surface area contributed by atoms with Gasteiger partial charge in [-0.2, -0.15) is 5.26 Å². The van der Waals surface area contributed by atoms with E-state index < -0.39 is 0 Å². The van der Waals surface area contributed by atoms with Crippen molar-refractivity contribution in [2.75, 3.05) is 5.73 Å². The normalized spacial score (nSPS) is 10.4. The minimum atomic E-state index is 0.155. The molecule has 0 aliphatic carbocycles. The number of benzene rings is 1. The average Bonchev–Trinajstić information content (AvgIpc) is 3.03. The summed E-state index contributed by atoms with van der Waals surface area (Å²) in [5.41, 5.74) is 9.15. The van der Waals surface area contributed by atoms with Gasteiger partial charge in [0.05, 0.1) is 12.0 Å². The molecule has 0 aliphatic rings. The molecule has 0 radical (unpaired) electrons. The molecular weight excluding hydrogens is 278 g/mol. The lowest BCUT2D eigenvalue weighted by Gasteiger charge is -2.13. The van der Waals surface area contributed by atoms with Gasteiger partial charge >= 0.3 is 0 Å². The van der Waals surface area contributed by atoms with Crippen molar-refractivity contribution in [1.29, 1.82) is 5.26 Å². The van der Waals surface area contributed by atoms with Gasteiger partial charge in [0.15, 0.2) is 0 Å². The first-order chi connectivity index (χ1) is 10.6. The molecule has 2 heterocycles. The van der Waals surface area contributed by atoms with Crippen molar-refractivity contribution < 1.29 is 9.52 Å². The number of anilines is 1. The van der Waals surface area contributed by atoms with Crippen LogP contribution < -0.4 is 5.73 Å². The highest BCUT2D eigenvalue weighted by molar-refractivity contribution is 5.82. The number of furan rings is 1. The van der Waals surface area contributed by atoms with E-state index in [9.17, 15) is 10.4 Å². The lowest BCUT2D eigenvalue weighted by atomic mass is 9.96. The van der Waals surface area contributed by atoms with Crippen LogP contribution in [-0.4, -0.2) is 10.1 Å². The molecule has 0 unspecified atom stereocenters. The van der Waals surface area contributed by atoms with Crippen LogP contribution in [0.3, 0.4) is 0 Å². The van der Waals surface area contributed by atoms with Crippen molar-refractivity contribution in [3.8, 4) is 34.4 Å². The molecule has 22 heavy (non-hydrogen) atoms. The Kier molecular flexibility index (Phi) is 3.28. The summed E-state index contributed by atoms with van der Waals surface area (Å²) in [4.78, 5) is 4.35. The molecule has 0 fully saturated rings. The topological polar surface area (TPSA) is 96.1 Å². The Morgan fingerprint density at radius 1 is 1.23 bits per heavy atom. The van der Waals surface area contributed by atoms with Crippen LogP contribution in [0.25, 0.3) is 22.6 Å². The van der Waals surface area contributed by atoms with Crippen LogP contribution >= 0.6 is 0 Å². The second kappa shape index (κ2) is 5.26. The molecule has 0 saturated carbocycles. The summed E-state index contributed by atoms with van der Waals surface area (Å²) in [7, 11) is 0. The van der Waals surface area contributed by atoms with E-state index in [4.69, 9.17) is 10.2 Å². The van der Waals surface area contributed by atoms with Crippen molar-refractivity contribution in [3.05, 3.63) is 53.8 Å². The maximum Gasteiger partial charge on any atom is 0.142 e. The van der Waals surface area contributed by atoms with E-state index in [-0.39, 0.29) is 11.6 Å². The highest BCUT2D eigenvalue weighted by Crippen LogP contribution is 2.36. The molecule has 3 N–H and O–H groups in total. The summed E-state index contributed by atoms with van der Waals surface area (Å²) >= 11 is 0. The minimum Gasteiger partial charge on any atom is -0.508 e. The zero-order valence-corrected chi connectivity index (χ0v) is 11.9. The Morgan fingerprint density at radius 3 is 2.55 bits per heavy atom. The van der Waals surface area contributed by atoms with Crippen LogP contribution in [0, 0.1) is 18.3 Å². The van der Waals surface area contributed by atoms with Crippen LogP contribution in [-0.2, 0) is 0 Å². The van der Waals surface area contributed by atoms with Crippen molar-refractivity contribution in [3.63, 3.8) is 0 Å². The third kappa shape index (κ3) is 2.17. The first-order valence-corrected chi connectivity index (χ1v) is 6.65. The number of nitrogen functional groups attached to an aromatic ring is 1. The molecule has 0 atom stereocenters. The average molecular weight is 291 g/mol. The van der Waals surface area contributed by atoms with Crippen molar-refractivity contribution in [2.24, 2.45) is 0 Å². The Labute approximate surface area is 127 Å². The molecule has 0 spiro atoms. The van der Waals surface area contributed by atoms with Gasteiger partial charge in [-0.25, -0.2) is 4.98 Å². The van der Waals surface area contributed by atoms with Crippen LogP contribution in [0.15, 0.2) is 47.1 Å². The van der Waals surface area contributed by atoms with E-state index in [1.807, 2.05) is 6.92 Å². The minimum absolute atomic E-state index is 0.155. The number of phenols is 1. The van der Waals surface area contributed by atoms with E-state index in [0.717, 1.165) is 11.1 Å². The van der Waals surface area contributed by atoms with Gasteiger partial charge in [-0.05, 0) is 48.9 Å². The van der Waals surface area contributed by atoms with Gasteiger partial charge in [-0.3, -0.25) is 0 Å². The van der Waals surface area contributed by atoms with Gasteiger partial charge < -0.3 is 15.3 Å². The van der Waals surface area contributed by atoms with Crippen molar-refractivity contribution in [1.82, 2.24) is 4.98 Å². The molecular formula is C17H13N3O2. The Hall–Kier alpha value is -3.26. The Balaban J connectivity index is 2.30. The summed E-state index contributed by atoms with van der Waals surface area (Å²) in [6.07, 6.45) is 1.55. The monoisotopic (exact) mass is 291 g/mol. The standard InChI is InChI=1S/C17H13N3O2/c1-10-15(14-3-2-8-22-14)13(9-18)17(19)20-16(10)11-4-6-12(21)7-5-11/h2-8,21H,1H3,(H2,19,20). The number of hydrogen-bond donors (Lipinski definition) is 2. The molecule has 1 aromatic carbocycles. The number of nitrogens with zero attached hydrogens (tertiary/aromatic N) is 2. The molecule has 3 rings (SSSR count). The fraction of sp³-hybridized carbons (Fsp3) is 0.0588. The third-order valence-electron chi connectivity index (χ3n) is 3.49. The summed E-state index contributed by atoms with van der Waals surface area (Å²) in [6, 6.07) is 12.3. The number of hydrogen-bond acceptors (Lipinski definition) is 5. The van der Waals surface area contributed by atoms with E-state index in [0.29, 0.717) is 22.6 Å². The first-order valence-electron chi connectivity index (χ1n) is 6.65. The molecule has 108 valence electrons. The lowest BCUT2D eigenvalue weighted by molar-refractivity contribution is 0.475. The fourth-order valence-corrected chi connectivity index (χ4v) is 2.44. The zero-order chi connectivity index (χ0) is 15.7. The summed E-state index contributed by atoms with van der Waals surface area (Å²) in [6.45, 7) is 1.87. The van der Waals surface area contributed by atoms with Gasteiger partial charge in [-0.15, -0.1) is 0 Å². The smallest absolute Gasteiger partial charge is 0.142 e. The van der Waals surface area contributed by atoms with Gasteiger partial charge in [0.1, 0.15) is 29.0 Å². The number of aromatic hydroxyl groups is 1. The summed E-state index contributed by atoms with van der Waals surface area (Å²) in [5, 5.41) is 18.8. The second-order valence-corrected chi connectivity index (χ2v) is 4.86. The molecule has 2 aromatic heterocycles. The fourth-order valence-electron chi connectivity index (χ4n) is 2.44. The van der Waals surface area contributed by atoms with Crippen LogP contribution in [0.4, 0.5) is 5.82 Å². The van der Waals surface area contributed by atoms with E-state index in [2.05, 4.69) is 11.1 Å². The highest BCUT2D eigenvalue weighted by Gasteiger charge is 2.19. The Bertz CT molecular complexity index is 860. The molecule has 5 heteroatoms. The number of pyridine rings is 1. The lowest BCUT2D eigenvalue weighted by Crippen LogP contribution is -2.02. The molecule has 3 aromatic rings. The number of nitrogens with two attached hydrogens (primary N) is 1. The Morgan fingerprint density at radius 2 is 1.95 bits per heavy atom. The maximum absolute atomic E-state index is 9.41. The van der Waals surface area contributed by atoms with Gasteiger partial charge in [0.2, 0.25) is 0 Å². The summed E-state index contributed by atoms with van der Waals surface area (Å²) < 4.78 is 5.43. The first kappa shape index (κ1) is 13.7. The van der Waals surface area contributed by atoms with Crippen LogP contribution in [0.1, 0.15) is 11.1 Å². The quantitative estimate of drug-likeness (QED) is 0.753. The number of nitriles is 1. The number of phenolic OH excluding ortho intramolecular Hbond substituents is 1. The molecule has 0 saturated heterocycles. The highest BCUT2D eigenvalue weighted by atomic mass is 16.3. The maximum atomic E-state index is 9.41. The third-order valence-corrected chi connectivity index (χ3v) is 3.49. The second-order valence-electron chi connectivity index (χ2n) is 4.86. The SMILES string of the molecule is Cc1c(-c2ccc(O)cc2)nc(N)c(C#N)c1-c1ccco1. The number of aromatic nitrogens is 1. The number of rotatable bonds is 2. The van der Waals surface area contributed by atoms with Crippen LogP contribution in [0.5, 0.6) is 5.75 Å². The molecule has 0 aliphatic heterocycles.